The summed E-state index contributed by atoms with van der Waals surface area (Å²) < 4.78 is 18.1. The monoisotopic (exact) mass is 241 g/mol. The second-order valence-electron chi connectivity index (χ2n) is 2.98. The van der Waals surface area contributed by atoms with Crippen molar-refractivity contribution in [3.63, 3.8) is 0 Å². The predicted molar refractivity (Wildman–Crippen MR) is 53.9 cm³/mol. The second-order valence-corrected chi connectivity index (χ2v) is 3.39. The zero-order valence-electron chi connectivity index (χ0n) is 7.78. The lowest BCUT2D eigenvalue weighted by atomic mass is 10.1. The fraction of sp³-hybridized carbons (Fsp3) is 0. The van der Waals surface area contributed by atoms with E-state index in [2.05, 4.69) is 9.68 Å². The summed E-state index contributed by atoms with van der Waals surface area (Å²) in [6.45, 7) is 0. The van der Waals surface area contributed by atoms with E-state index in [4.69, 9.17) is 16.7 Å². The minimum Gasteiger partial charge on any atom is -0.475 e. The third kappa shape index (κ3) is 1.77. The fourth-order valence-corrected chi connectivity index (χ4v) is 1.38. The lowest BCUT2D eigenvalue weighted by molar-refractivity contribution is 0.0652. The van der Waals surface area contributed by atoms with Gasteiger partial charge in [0.1, 0.15) is 5.69 Å². The molecule has 0 aliphatic carbocycles. The average Bonchev–Trinajstić information content (AvgIpc) is 2.71. The van der Waals surface area contributed by atoms with Crippen LogP contribution in [0.1, 0.15) is 10.6 Å². The summed E-state index contributed by atoms with van der Waals surface area (Å²) >= 11 is 5.58. The SMILES string of the molecule is O=C(O)c1cc(-c2cccc(Cl)c2F)no1. The molecule has 2 aromatic rings. The summed E-state index contributed by atoms with van der Waals surface area (Å²) in [5.74, 6) is -2.27. The zero-order valence-corrected chi connectivity index (χ0v) is 8.53. The molecular weight excluding hydrogens is 237 g/mol. The van der Waals surface area contributed by atoms with Crippen molar-refractivity contribution >= 4 is 17.6 Å². The number of benzene rings is 1. The maximum Gasteiger partial charge on any atom is 0.374 e. The van der Waals surface area contributed by atoms with Crippen LogP contribution in [0, 0.1) is 5.82 Å². The molecule has 0 unspecified atom stereocenters. The number of carbonyl (C=O) groups is 1. The number of rotatable bonds is 2. The Morgan fingerprint density at radius 3 is 2.88 bits per heavy atom. The van der Waals surface area contributed by atoms with Crippen molar-refractivity contribution in [3.8, 4) is 11.3 Å². The number of nitrogens with zero attached hydrogens (tertiary/aromatic N) is 1. The van der Waals surface area contributed by atoms with Crippen LogP contribution >= 0.6 is 11.6 Å². The molecule has 16 heavy (non-hydrogen) atoms. The molecule has 0 saturated carbocycles. The van der Waals surface area contributed by atoms with Gasteiger partial charge in [-0.2, -0.15) is 0 Å². The zero-order chi connectivity index (χ0) is 11.7. The molecule has 4 nitrogen and oxygen atoms in total. The summed E-state index contributed by atoms with van der Waals surface area (Å²) in [4.78, 5) is 10.5. The first-order chi connectivity index (χ1) is 7.59. The van der Waals surface area contributed by atoms with Crippen LogP contribution < -0.4 is 0 Å². The Hall–Kier alpha value is -1.88. The highest BCUT2D eigenvalue weighted by atomic mass is 35.5. The van der Waals surface area contributed by atoms with Gasteiger partial charge < -0.3 is 9.63 Å². The fourth-order valence-electron chi connectivity index (χ4n) is 1.20. The molecule has 6 heteroatoms. The molecule has 0 amide bonds. The van der Waals surface area contributed by atoms with E-state index >= 15 is 0 Å². The van der Waals surface area contributed by atoms with Crippen LogP contribution in [0.2, 0.25) is 5.02 Å². The van der Waals surface area contributed by atoms with Crippen molar-refractivity contribution in [2.45, 2.75) is 0 Å². The van der Waals surface area contributed by atoms with E-state index in [1.165, 1.54) is 18.2 Å². The summed E-state index contributed by atoms with van der Waals surface area (Å²) in [5.41, 5.74) is 0.196. The normalized spacial score (nSPS) is 10.4. The van der Waals surface area contributed by atoms with E-state index in [1.807, 2.05) is 0 Å². The molecule has 1 heterocycles. The first-order valence-corrected chi connectivity index (χ1v) is 4.62. The smallest absolute Gasteiger partial charge is 0.374 e. The lowest BCUT2D eigenvalue weighted by Gasteiger charge is -1.98. The molecule has 0 bridgehead atoms. The highest BCUT2D eigenvalue weighted by molar-refractivity contribution is 6.31. The largest absolute Gasteiger partial charge is 0.475 e. The van der Waals surface area contributed by atoms with Gasteiger partial charge in [0.2, 0.25) is 5.76 Å². The third-order valence-corrected chi connectivity index (χ3v) is 2.24. The third-order valence-electron chi connectivity index (χ3n) is 1.95. The predicted octanol–water partition coefficient (Wildman–Crippen LogP) is 2.83. The van der Waals surface area contributed by atoms with Crippen LogP contribution in [-0.2, 0) is 0 Å². The number of halogens is 2. The maximum atomic E-state index is 13.5. The number of hydrogen-bond donors (Lipinski definition) is 1. The van der Waals surface area contributed by atoms with Gasteiger partial charge in [0.05, 0.1) is 5.02 Å². The quantitative estimate of drug-likeness (QED) is 0.878. The molecule has 1 N–H and O–H groups in total. The Morgan fingerprint density at radius 2 is 2.25 bits per heavy atom. The highest BCUT2D eigenvalue weighted by Crippen LogP contribution is 2.27. The van der Waals surface area contributed by atoms with Gasteiger partial charge in [-0.05, 0) is 12.1 Å². The Labute approximate surface area is 94.2 Å². The maximum absolute atomic E-state index is 13.5. The van der Waals surface area contributed by atoms with Crippen LogP contribution in [-0.4, -0.2) is 16.2 Å². The molecule has 1 aromatic carbocycles. The number of aromatic carboxylic acids is 1. The highest BCUT2D eigenvalue weighted by Gasteiger charge is 2.16. The van der Waals surface area contributed by atoms with Crippen LogP contribution in [0.3, 0.4) is 0 Å². The molecule has 0 aliphatic rings. The van der Waals surface area contributed by atoms with Gasteiger partial charge in [-0.1, -0.05) is 22.8 Å². The van der Waals surface area contributed by atoms with Crippen molar-refractivity contribution in [3.05, 3.63) is 40.9 Å². The van der Waals surface area contributed by atoms with Gasteiger partial charge in [-0.3, -0.25) is 0 Å². The van der Waals surface area contributed by atoms with Gasteiger partial charge in [-0.15, -0.1) is 0 Å². The van der Waals surface area contributed by atoms with Crippen molar-refractivity contribution in [2.24, 2.45) is 0 Å². The topological polar surface area (TPSA) is 63.3 Å². The number of hydrogen-bond acceptors (Lipinski definition) is 3. The summed E-state index contributed by atoms with van der Waals surface area (Å²) in [6, 6.07) is 5.50. The van der Waals surface area contributed by atoms with Crippen molar-refractivity contribution in [1.29, 1.82) is 0 Å². The van der Waals surface area contributed by atoms with Crippen LogP contribution in [0.5, 0.6) is 0 Å². The molecule has 2 rings (SSSR count). The molecule has 0 radical (unpaired) electrons. The Morgan fingerprint density at radius 1 is 1.50 bits per heavy atom. The van der Waals surface area contributed by atoms with E-state index in [1.54, 1.807) is 0 Å². The van der Waals surface area contributed by atoms with E-state index in [9.17, 15) is 9.18 Å². The molecular formula is C10H5ClFNO3. The van der Waals surface area contributed by atoms with Crippen molar-refractivity contribution in [2.75, 3.05) is 0 Å². The molecule has 1 aromatic heterocycles. The number of carboxylic acid groups (broad SMARTS) is 1. The van der Waals surface area contributed by atoms with Crippen LogP contribution in [0.15, 0.2) is 28.8 Å². The second kappa shape index (κ2) is 3.94. The van der Waals surface area contributed by atoms with Gasteiger partial charge in [0.25, 0.3) is 0 Å². The van der Waals surface area contributed by atoms with E-state index in [-0.39, 0.29) is 22.0 Å². The number of aromatic nitrogens is 1. The van der Waals surface area contributed by atoms with E-state index in [0.717, 1.165) is 6.07 Å². The van der Waals surface area contributed by atoms with Gasteiger partial charge in [0, 0.05) is 11.6 Å². The minimum atomic E-state index is -1.26. The minimum absolute atomic E-state index is 0.0580. The van der Waals surface area contributed by atoms with Gasteiger partial charge >= 0.3 is 5.97 Å². The molecule has 0 saturated heterocycles. The Balaban J connectivity index is 2.50. The van der Waals surface area contributed by atoms with Gasteiger partial charge in [0.15, 0.2) is 5.82 Å². The summed E-state index contributed by atoms with van der Waals surface area (Å²) in [7, 11) is 0. The molecule has 0 fully saturated rings. The van der Waals surface area contributed by atoms with Crippen molar-refractivity contribution in [1.82, 2.24) is 5.16 Å². The summed E-state index contributed by atoms with van der Waals surface area (Å²) in [5, 5.41) is 12.0. The Bertz CT molecular complexity index is 553. The lowest BCUT2D eigenvalue weighted by Crippen LogP contribution is -1.91. The molecule has 0 aliphatic heterocycles. The molecule has 0 atom stereocenters. The van der Waals surface area contributed by atoms with Gasteiger partial charge in [-0.25, -0.2) is 9.18 Å². The first-order valence-electron chi connectivity index (χ1n) is 4.24. The van der Waals surface area contributed by atoms with E-state index < -0.39 is 11.8 Å². The van der Waals surface area contributed by atoms with E-state index in [0.29, 0.717) is 0 Å². The number of carboxylic acids is 1. The van der Waals surface area contributed by atoms with Crippen LogP contribution in [0.4, 0.5) is 4.39 Å². The first kappa shape index (κ1) is 10.6. The molecule has 82 valence electrons. The summed E-state index contributed by atoms with van der Waals surface area (Å²) in [6.07, 6.45) is 0. The standard InChI is InChI=1S/C10H5ClFNO3/c11-6-3-1-2-5(9(6)12)7-4-8(10(14)15)16-13-7/h1-4H,(H,14,15). The van der Waals surface area contributed by atoms with Crippen molar-refractivity contribution < 1.29 is 18.8 Å². The average molecular weight is 242 g/mol. The molecule has 0 spiro atoms. The van der Waals surface area contributed by atoms with Crippen LogP contribution in [0.25, 0.3) is 11.3 Å². The Kier molecular flexibility index (Phi) is 2.62.